The SMILES string of the molecule is CCCCc1noc(-c2sccc2NC(=O)NC2CC3CCCC(C2)N3C)n1. The second-order valence-corrected chi connectivity index (χ2v) is 8.87. The first kappa shape index (κ1) is 19.4. The average Bonchev–Trinajstić information content (AvgIpc) is 3.30. The number of piperidine rings is 2. The fourth-order valence-electron chi connectivity index (χ4n) is 4.43. The zero-order valence-corrected chi connectivity index (χ0v) is 17.4. The van der Waals surface area contributed by atoms with Gasteiger partial charge in [0, 0.05) is 24.5 Å². The van der Waals surface area contributed by atoms with Gasteiger partial charge < -0.3 is 20.1 Å². The number of fused-ring (bicyclic) bond motifs is 2. The maximum Gasteiger partial charge on any atom is 0.319 e. The quantitative estimate of drug-likeness (QED) is 0.752. The molecule has 4 rings (SSSR count). The first-order valence-electron chi connectivity index (χ1n) is 10.3. The Morgan fingerprint density at radius 2 is 2.14 bits per heavy atom. The predicted octanol–water partition coefficient (Wildman–Crippen LogP) is 4.28. The number of hydrogen-bond donors (Lipinski definition) is 2. The lowest BCUT2D eigenvalue weighted by Gasteiger charge is -2.47. The van der Waals surface area contributed by atoms with Gasteiger partial charge in [0.25, 0.3) is 5.89 Å². The molecule has 2 saturated heterocycles. The number of carbonyl (C=O) groups is 1. The molecule has 2 unspecified atom stereocenters. The van der Waals surface area contributed by atoms with Crippen LogP contribution in [0, 0.1) is 0 Å². The fourth-order valence-corrected chi connectivity index (χ4v) is 5.20. The standard InChI is InChI=1S/C20H29N5O2S/c1-3-4-8-17-23-19(27-24-17)18-16(9-10-28-18)22-20(26)21-13-11-14-6-5-7-15(12-13)25(14)2/h9-10,13-15H,3-8,11-12H2,1-2H3,(H2,21,22,26). The predicted molar refractivity (Wildman–Crippen MR) is 111 cm³/mol. The number of carbonyl (C=O) groups excluding carboxylic acids is 1. The highest BCUT2D eigenvalue weighted by molar-refractivity contribution is 7.14. The minimum Gasteiger partial charge on any atom is -0.335 e. The number of anilines is 1. The molecule has 2 aromatic heterocycles. The van der Waals surface area contributed by atoms with Crippen molar-refractivity contribution in [2.75, 3.05) is 12.4 Å². The highest BCUT2D eigenvalue weighted by atomic mass is 32.1. The van der Waals surface area contributed by atoms with Gasteiger partial charge in [0.05, 0.1) is 5.69 Å². The second kappa shape index (κ2) is 8.61. The van der Waals surface area contributed by atoms with Crippen LogP contribution in [0.5, 0.6) is 0 Å². The summed E-state index contributed by atoms with van der Waals surface area (Å²) < 4.78 is 5.41. The molecule has 8 heteroatoms. The zero-order chi connectivity index (χ0) is 19.5. The third kappa shape index (κ3) is 4.22. The Bertz CT molecular complexity index is 790. The number of hydrogen-bond acceptors (Lipinski definition) is 6. The Morgan fingerprint density at radius 1 is 1.36 bits per heavy atom. The van der Waals surface area contributed by atoms with Crippen LogP contribution in [0.4, 0.5) is 10.5 Å². The van der Waals surface area contributed by atoms with Crippen LogP contribution >= 0.6 is 11.3 Å². The van der Waals surface area contributed by atoms with Crippen LogP contribution in [-0.4, -0.2) is 46.2 Å². The smallest absolute Gasteiger partial charge is 0.319 e. The van der Waals surface area contributed by atoms with Crippen molar-refractivity contribution in [3.05, 3.63) is 17.3 Å². The Morgan fingerprint density at radius 3 is 2.89 bits per heavy atom. The van der Waals surface area contributed by atoms with Gasteiger partial charge in [-0.15, -0.1) is 11.3 Å². The highest BCUT2D eigenvalue weighted by Gasteiger charge is 2.36. The molecule has 2 aromatic rings. The average molecular weight is 404 g/mol. The van der Waals surface area contributed by atoms with Gasteiger partial charge in [-0.05, 0) is 50.6 Å². The first-order chi connectivity index (χ1) is 13.6. The molecule has 0 spiro atoms. The highest BCUT2D eigenvalue weighted by Crippen LogP contribution is 2.34. The Kier molecular flexibility index (Phi) is 5.96. The van der Waals surface area contributed by atoms with Crippen molar-refractivity contribution >= 4 is 23.1 Å². The maximum absolute atomic E-state index is 12.6. The molecule has 0 saturated carbocycles. The molecule has 2 atom stereocenters. The van der Waals surface area contributed by atoms with Crippen LogP contribution < -0.4 is 10.6 Å². The molecule has 152 valence electrons. The van der Waals surface area contributed by atoms with Crippen LogP contribution in [0.2, 0.25) is 0 Å². The Hall–Kier alpha value is -1.93. The molecule has 2 amide bonds. The molecule has 2 aliphatic heterocycles. The molecular formula is C20H29N5O2S. The molecule has 4 heterocycles. The Labute approximate surface area is 169 Å². The van der Waals surface area contributed by atoms with Gasteiger partial charge in [0.15, 0.2) is 5.82 Å². The number of unbranched alkanes of at least 4 members (excludes halogenated alkanes) is 1. The lowest BCUT2D eigenvalue weighted by Crippen LogP contribution is -2.55. The number of aryl methyl sites for hydroxylation is 1. The molecule has 2 aliphatic rings. The lowest BCUT2D eigenvalue weighted by atomic mass is 9.82. The van der Waals surface area contributed by atoms with Crippen LogP contribution in [0.3, 0.4) is 0 Å². The zero-order valence-electron chi connectivity index (χ0n) is 16.6. The van der Waals surface area contributed by atoms with E-state index in [1.807, 2.05) is 11.4 Å². The number of aromatic nitrogens is 2. The van der Waals surface area contributed by atoms with Crippen LogP contribution in [-0.2, 0) is 6.42 Å². The molecule has 0 aromatic carbocycles. The molecule has 7 nitrogen and oxygen atoms in total. The van der Waals surface area contributed by atoms with Crippen LogP contribution in [0.25, 0.3) is 10.8 Å². The number of thiophene rings is 1. The van der Waals surface area contributed by atoms with E-state index in [9.17, 15) is 4.79 Å². The van der Waals surface area contributed by atoms with E-state index >= 15 is 0 Å². The topological polar surface area (TPSA) is 83.3 Å². The van der Waals surface area contributed by atoms with E-state index in [1.165, 1.54) is 30.6 Å². The summed E-state index contributed by atoms with van der Waals surface area (Å²) >= 11 is 1.50. The first-order valence-corrected chi connectivity index (χ1v) is 11.2. The third-order valence-corrected chi connectivity index (χ3v) is 6.91. The van der Waals surface area contributed by atoms with Crippen molar-refractivity contribution in [3.63, 3.8) is 0 Å². The Balaban J connectivity index is 1.37. The van der Waals surface area contributed by atoms with E-state index in [0.29, 0.717) is 18.0 Å². The summed E-state index contributed by atoms with van der Waals surface area (Å²) in [7, 11) is 2.22. The van der Waals surface area contributed by atoms with Gasteiger partial charge in [0.1, 0.15) is 4.88 Å². The monoisotopic (exact) mass is 403 g/mol. The molecule has 2 fully saturated rings. The minimum absolute atomic E-state index is 0.155. The third-order valence-electron chi connectivity index (χ3n) is 6.00. The van der Waals surface area contributed by atoms with E-state index in [-0.39, 0.29) is 12.1 Å². The van der Waals surface area contributed by atoms with E-state index in [2.05, 4.69) is 39.6 Å². The van der Waals surface area contributed by atoms with Crippen LogP contribution in [0.1, 0.15) is 57.7 Å². The van der Waals surface area contributed by atoms with E-state index in [4.69, 9.17) is 4.52 Å². The summed E-state index contributed by atoms with van der Waals surface area (Å²) in [4.78, 5) is 20.4. The minimum atomic E-state index is -0.155. The van der Waals surface area contributed by atoms with Crippen molar-refractivity contribution in [1.82, 2.24) is 20.4 Å². The van der Waals surface area contributed by atoms with Crippen molar-refractivity contribution < 1.29 is 9.32 Å². The van der Waals surface area contributed by atoms with Crippen molar-refractivity contribution in [2.24, 2.45) is 0 Å². The van der Waals surface area contributed by atoms with E-state index in [0.717, 1.165) is 48.5 Å². The van der Waals surface area contributed by atoms with Crippen molar-refractivity contribution in [1.29, 1.82) is 0 Å². The maximum atomic E-state index is 12.6. The fraction of sp³-hybridized carbons (Fsp3) is 0.650. The van der Waals surface area contributed by atoms with Crippen molar-refractivity contribution in [3.8, 4) is 10.8 Å². The lowest BCUT2D eigenvalue weighted by molar-refractivity contribution is 0.0513. The second-order valence-electron chi connectivity index (χ2n) is 7.95. The van der Waals surface area contributed by atoms with Gasteiger partial charge in [-0.2, -0.15) is 4.98 Å². The molecule has 2 bridgehead atoms. The van der Waals surface area contributed by atoms with Crippen LogP contribution in [0.15, 0.2) is 16.0 Å². The molecule has 2 N–H and O–H groups in total. The number of nitrogens with one attached hydrogen (secondary N) is 2. The number of amides is 2. The summed E-state index contributed by atoms with van der Waals surface area (Å²) in [5, 5.41) is 12.1. The van der Waals surface area contributed by atoms with Gasteiger partial charge >= 0.3 is 6.03 Å². The van der Waals surface area contributed by atoms with Gasteiger partial charge in [-0.1, -0.05) is 24.9 Å². The van der Waals surface area contributed by atoms with E-state index in [1.54, 1.807) is 0 Å². The number of nitrogens with zero attached hydrogens (tertiary/aromatic N) is 3. The molecule has 28 heavy (non-hydrogen) atoms. The molecular weight excluding hydrogens is 374 g/mol. The molecule has 0 aliphatic carbocycles. The molecule has 0 radical (unpaired) electrons. The number of urea groups is 1. The summed E-state index contributed by atoms with van der Waals surface area (Å²) in [6.07, 6.45) is 8.78. The largest absolute Gasteiger partial charge is 0.335 e. The van der Waals surface area contributed by atoms with Gasteiger partial charge in [0.2, 0.25) is 0 Å². The number of rotatable bonds is 6. The summed E-state index contributed by atoms with van der Waals surface area (Å²) in [5.74, 6) is 1.20. The summed E-state index contributed by atoms with van der Waals surface area (Å²) in [5.41, 5.74) is 0.723. The normalized spacial score (nSPS) is 24.9. The van der Waals surface area contributed by atoms with Gasteiger partial charge in [-0.3, -0.25) is 0 Å². The van der Waals surface area contributed by atoms with Crippen molar-refractivity contribution in [2.45, 2.75) is 76.4 Å². The summed E-state index contributed by atoms with van der Waals surface area (Å²) in [6.45, 7) is 2.14. The summed E-state index contributed by atoms with van der Waals surface area (Å²) in [6, 6.07) is 3.15. The van der Waals surface area contributed by atoms with E-state index < -0.39 is 0 Å². The van der Waals surface area contributed by atoms with Gasteiger partial charge in [-0.25, -0.2) is 4.79 Å².